The number of aryl methyl sites for hydroxylation is 1. The van der Waals surface area contributed by atoms with Gasteiger partial charge in [-0.25, -0.2) is 4.98 Å². The van der Waals surface area contributed by atoms with Gasteiger partial charge in [0.05, 0.1) is 6.33 Å². The van der Waals surface area contributed by atoms with Gasteiger partial charge in [0.15, 0.2) is 5.78 Å². The van der Waals surface area contributed by atoms with E-state index >= 15 is 0 Å². The minimum atomic E-state index is 0.117. The van der Waals surface area contributed by atoms with Crippen molar-refractivity contribution >= 4 is 17.5 Å². The van der Waals surface area contributed by atoms with Crippen LogP contribution in [0.3, 0.4) is 0 Å². The quantitative estimate of drug-likeness (QED) is 0.454. The van der Waals surface area contributed by atoms with Gasteiger partial charge in [0.2, 0.25) is 0 Å². The first-order chi connectivity index (χ1) is 8.75. The number of imidazole rings is 1. The molecule has 0 spiro atoms. The zero-order chi connectivity index (χ0) is 12.8. The Morgan fingerprint density at radius 2 is 2.11 bits per heavy atom. The topological polar surface area (TPSA) is 34.9 Å². The maximum absolute atomic E-state index is 11.1. The molecule has 4 heteroatoms. The molecule has 0 aliphatic heterocycles. The van der Waals surface area contributed by atoms with Crippen LogP contribution in [0.2, 0.25) is 0 Å². The monoisotopic (exact) mass is 260 g/mol. The standard InChI is InChI=1S/C14H16N2OS/c1-12(17)13-3-5-14(6-4-13)18-10-2-8-16-9-7-15-11-16/h3-7,9,11H,2,8,10H2,1H3. The maximum atomic E-state index is 11.1. The highest BCUT2D eigenvalue weighted by molar-refractivity contribution is 7.99. The first-order valence-corrected chi connectivity index (χ1v) is 6.94. The van der Waals surface area contributed by atoms with Crippen molar-refractivity contribution in [1.29, 1.82) is 0 Å². The van der Waals surface area contributed by atoms with E-state index in [4.69, 9.17) is 0 Å². The van der Waals surface area contributed by atoms with Crippen LogP contribution in [0.15, 0.2) is 47.9 Å². The smallest absolute Gasteiger partial charge is 0.159 e. The maximum Gasteiger partial charge on any atom is 0.159 e. The zero-order valence-electron chi connectivity index (χ0n) is 10.4. The molecule has 0 amide bonds. The van der Waals surface area contributed by atoms with Crippen molar-refractivity contribution < 1.29 is 4.79 Å². The van der Waals surface area contributed by atoms with Crippen LogP contribution >= 0.6 is 11.8 Å². The number of rotatable bonds is 6. The molecule has 0 atom stereocenters. The van der Waals surface area contributed by atoms with E-state index in [1.165, 1.54) is 4.90 Å². The number of carbonyl (C=O) groups excluding carboxylic acids is 1. The molecule has 2 rings (SSSR count). The number of ketones is 1. The molecule has 94 valence electrons. The Morgan fingerprint density at radius 3 is 2.72 bits per heavy atom. The van der Waals surface area contributed by atoms with Crippen molar-refractivity contribution in [3.05, 3.63) is 48.5 Å². The van der Waals surface area contributed by atoms with Gasteiger partial charge in [0.25, 0.3) is 0 Å². The summed E-state index contributed by atoms with van der Waals surface area (Å²) in [5.41, 5.74) is 0.776. The van der Waals surface area contributed by atoms with E-state index in [1.807, 2.05) is 48.6 Å². The second kappa shape index (κ2) is 6.40. The van der Waals surface area contributed by atoms with Gasteiger partial charge in [-0.05, 0) is 31.2 Å². The van der Waals surface area contributed by atoms with Crippen molar-refractivity contribution in [1.82, 2.24) is 9.55 Å². The third kappa shape index (κ3) is 3.74. The van der Waals surface area contributed by atoms with E-state index in [0.29, 0.717) is 0 Å². The highest BCUT2D eigenvalue weighted by Gasteiger charge is 1.99. The van der Waals surface area contributed by atoms with E-state index in [9.17, 15) is 4.79 Å². The normalized spacial score (nSPS) is 10.5. The van der Waals surface area contributed by atoms with Crippen molar-refractivity contribution in [2.24, 2.45) is 0 Å². The molecule has 1 aromatic heterocycles. The molecular formula is C14H16N2OS. The van der Waals surface area contributed by atoms with Gasteiger partial charge in [-0.3, -0.25) is 4.79 Å². The van der Waals surface area contributed by atoms with Crippen molar-refractivity contribution in [3.8, 4) is 0 Å². The summed E-state index contributed by atoms with van der Waals surface area (Å²) in [5.74, 6) is 1.18. The van der Waals surface area contributed by atoms with Gasteiger partial charge in [0, 0.05) is 29.4 Å². The largest absolute Gasteiger partial charge is 0.337 e. The molecule has 0 N–H and O–H groups in total. The van der Waals surface area contributed by atoms with Gasteiger partial charge in [0.1, 0.15) is 0 Å². The molecule has 0 saturated heterocycles. The molecule has 0 bridgehead atoms. The van der Waals surface area contributed by atoms with Gasteiger partial charge in [-0.2, -0.15) is 0 Å². The van der Waals surface area contributed by atoms with Crippen LogP contribution in [0.1, 0.15) is 23.7 Å². The number of carbonyl (C=O) groups is 1. The molecule has 18 heavy (non-hydrogen) atoms. The summed E-state index contributed by atoms with van der Waals surface area (Å²) < 4.78 is 2.08. The summed E-state index contributed by atoms with van der Waals surface area (Å²) in [6.07, 6.45) is 6.72. The fraction of sp³-hybridized carbons (Fsp3) is 0.286. The fourth-order valence-electron chi connectivity index (χ4n) is 1.64. The number of aromatic nitrogens is 2. The molecule has 0 aliphatic carbocycles. The van der Waals surface area contributed by atoms with Crippen LogP contribution in [0.4, 0.5) is 0 Å². The van der Waals surface area contributed by atoms with Crippen LogP contribution in [0.5, 0.6) is 0 Å². The molecule has 1 aromatic carbocycles. The lowest BCUT2D eigenvalue weighted by atomic mass is 10.2. The highest BCUT2D eigenvalue weighted by atomic mass is 32.2. The van der Waals surface area contributed by atoms with Gasteiger partial charge < -0.3 is 4.57 Å². The molecule has 0 unspecified atom stereocenters. The molecule has 1 heterocycles. The lowest BCUT2D eigenvalue weighted by molar-refractivity contribution is 0.101. The van der Waals surface area contributed by atoms with Crippen LogP contribution in [-0.4, -0.2) is 21.1 Å². The fourth-order valence-corrected chi connectivity index (χ4v) is 2.48. The number of hydrogen-bond acceptors (Lipinski definition) is 3. The van der Waals surface area contributed by atoms with Gasteiger partial charge >= 0.3 is 0 Å². The summed E-state index contributed by atoms with van der Waals surface area (Å²) >= 11 is 1.82. The van der Waals surface area contributed by atoms with Crippen LogP contribution in [0, 0.1) is 0 Å². The van der Waals surface area contributed by atoms with E-state index in [2.05, 4.69) is 9.55 Å². The Hall–Kier alpha value is -1.55. The van der Waals surface area contributed by atoms with Crippen LogP contribution in [-0.2, 0) is 6.54 Å². The molecule has 0 saturated carbocycles. The average Bonchev–Trinajstić information content (AvgIpc) is 2.88. The van der Waals surface area contributed by atoms with Crippen molar-refractivity contribution in [3.63, 3.8) is 0 Å². The van der Waals surface area contributed by atoms with E-state index in [1.54, 1.807) is 13.1 Å². The number of Topliss-reactive ketones (excluding diaryl/α,β-unsaturated/α-hetero) is 1. The predicted molar refractivity (Wildman–Crippen MR) is 74.0 cm³/mol. The first-order valence-electron chi connectivity index (χ1n) is 5.95. The van der Waals surface area contributed by atoms with Crippen molar-refractivity contribution in [2.75, 3.05) is 5.75 Å². The molecule has 0 fully saturated rings. The minimum absolute atomic E-state index is 0.117. The van der Waals surface area contributed by atoms with Gasteiger partial charge in [-0.1, -0.05) is 12.1 Å². The van der Waals surface area contributed by atoms with Crippen molar-refractivity contribution in [2.45, 2.75) is 24.8 Å². The average molecular weight is 260 g/mol. The predicted octanol–water partition coefficient (Wildman–Crippen LogP) is 3.27. The number of benzene rings is 1. The molecule has 2 aromatic rings. The summed E-state index contributed by atoms with van der Waals surface area (Å²) in [5, 5.41) is 0. The van der Waals surface area contributed by atoms with Crippen LogP contribution in [0.25, 0.3) is 0 Å². The molecule has 0 aliphatic rings. The second-order valence-corrected chi connectivity index (χ2v) is 5.25. The lowest BCUT2D eigenvalue weighted by Gasteiger charge is -2.03. The Balaban J connectivity index is 1.75. The Bertz CT molecular complexity index is 491. The third-order valence-electron chi connectivity index (χ3n) is 2.65. The molecular weight excluding hydrogens is 244 g/mol. The number of nitrogens with zero attached hydrogens (tertiary/aromatic N) is 2. The third-order valence-corrected chi connectivity index (χ3v) is 3.75. The van der Waals surface area contributed by atoms with E-state index in [0.717, 1.165) is 24.3 Å². The zero-order valence-corrected chi connectivity index (χ0v) is 11.2. The Kier molecular flexibility index (Phi) is 4.59. The number of hydrogen-bond donors (Lipinski definition) is 0. The Labute approximate surface area is 111 Å². The van der Waals surface area contributed by atoms with E-state index < -0.39 is 0 Å². The summed E-state index contributed by atoms with van der Waals surface area (Å²) in [6, 6.07) is 7.80. The Morgan fingerprint density at radius 1 is 1.33 bits per heavy atom. The summed E-state index contributed by atoms with van der Waals surface area (Å²) in [4.78, 5) is 16.4. The SMILES string of the molecule is CC(=O)c1ccc(SCCCn2ccnc2)cc1. The second-order valence-electron chi connectivity index (χ2n) is 4.08. The number of thioether (sulfide) groups is 1. The molecule has 3 nitrogen and oxygen atoms in total. The van der Waals surface area contributed by atoms with Gasteiger partial charge in [-0.15, -0.1) is 11.8 Å². The lowest BCUT2D eigenvalue weighted by Crippen LogP contribution is -1.95. The highest BCUT2D eigenvalue weighted by Crippen LogP contribution is 2.19. The van der Waals surface area contributed by atoms with Crippen LogP contribution < -0.4 is 0 Å². The minimum Gasteiger partial charge on any atom is -0.337 e. The summed E-state index contributed by atoms with van der Waals surface area (Å²) in [6.45, 7) is 2.59. The summed E-state index contributed by atoms with van der Waals surface area (Å²) in [7, 11) is 0. The van der Waals surface area contributed by atoms with E-state index in [-0.39, 0.29) is 5.78 Å². The molecule has 0 radical (unpaired) electrons. The first kappa shape index (κ1) is 12.9.